The maximum atomic E-state index is 12.1. The summed E-state index contributed by atoms with van der Waals surface area (Å²) >= 11 is 0. The summed E-state index contributed by atoms with van der Waals surface area (Å²) in [5, 5.41) is 19.5. The monoisotopic (exact) mass is 250 g/mol. The predicted molar refractivity (Wildman–Crippen MR) is 66.3 cm³/mol. The van der Waals surface area contributed by atoms with Crippen LogP contribution >= 0.6 is 0 Å². The molecule has 0 atom stereocenters. The summed E-state index contributed by atoms with van der Waals surface area (Å²) < 4.78 is 0. The Morgan fingerprint density at radius 1 is 1.44 bits per heavy atom. The molecule has 0 aliphatic heterocycles. The van der Waals surface area contributed by atoms with E-state index in [-0.39, 0.29) is 11.7 Å². The van der Waals surface area contributed by atoms with Crippen molar-refractivity contribution < 1.29 is 15.0 Å². The fourth-order valence-corrected chi connectivity index (χ4v) is 2.47. The van der Waals surface area contributed by atoms with Crippen molar-refractivity contribution in [2.24, 2.45) is 0 Å². The highest BCUT2D eigenvalue weighted by atomic mass is 16.3. The third-order valence-corrected chi connectivity index (χ3v) is 3.38. The first-order chi connectivity index (χ1) is 8.50. The minimum Gasteiger partial charge on any atom is -0.506 e. The zero-order valence-corrected chi connectivity index (χ0v) is 10.5. The molecule has 5 nitrogen and oxygen atoms in total. The molecule has 0 unspecified atom stereocenters. The molecule has 0 spiro atoms. The molecular weight excluding hydrogens is 232 g/mol. The summed E-state index contributed by atoms with van der Waals surface area (Å²) in [4.78, 5) is 17.4. The first-order valence-corrected chi connectivity index (χ1v) is 6.12. The Hall–Kier alpha value is -1.62. The fourth-order valence-electron chi connectivity index (χ4n) is 2.47. The molecule has 1 saturated carbocycles. The number of amides is 1. The van der Waals surface area contributed by atoms with Crippen molar-refractivity contribution in [2.75, 3.05) is 13.6 Å². The summed E-state index contributed by atoms with van der Waals surface area (Å²) in [5.41, 5.74) is -0.423. The highest BCUT2D eigenvalue weighted by Gasteiger charge is 2.33. The van der Waals surface area contributed by atoms with Crippen molar-refractivity contribution in [3.8, 4) is 5.75 Å². The summed E-state index contributed by atoms with van der Waals surface area (Å²) in [6, 6.07) is 1.38. The van der Waals surface area contributed by atoms with Gasteiger partial charge in [-0.3, -0.25) is 9.78 Å². The number of likely N-dealkylation sites (N-methyl/N-ethyl adjacent to an activating group) is 1. The van der Waals surface area contributed by atoms with E-state index in [0.29, 0.717) is 12.1 Å². The number of hydrogen-bond donors (Lipinski definition) is 2. The van der Waals surface area contributed by atoms with Crippen LogP contribution in [0.3, 0.4) is 0 Å². The minimum atomic E-state index is -0.755. The van der Waals surface area contributed by atoms with Gasteiger partial charge in [0.2, 0.25) is 0 Å². The summed E-state index contributed by atoms with van der Waals surface area (Å²) in [5.74, 6) is -0.271. The molecule has 0 bridgehead atoms. The maximum absolute atomic E-state index is 12.1. The number of pyridine rings is 1. The lowest BCUT2D eigenvalue weighted by Gasteiger charge is -2.28. The van der Waals surface area contributed by atoms with Gasteiger partial charge in [0.25, 0.3) is 5.91 Å². The molecule has 18 heavy (non-hydrogen) atoms. The Morgan fingerprint density at radius 2 is 2.11 bits per heavy atom. The molecule has 0 saturated heterocycles. The Labute approximate surface area is 106 Å². The second kappa shape index (κ2) is 4.94. The smallest absolute Gasteiger partial charge is 0.255 e. The summed E-state index contributed by atoms with van der Waals surface area (Å²) in [6.07, 6.45) is 6.18. The van der Waals surface area contributed by atoms with Crippen LogP contribution in [0.5, 0.6) is 5.75 Å². The molecule has 1 aromatic heterocycles. The number of rotatable bonds is 3. The van der Waals surface area contributed by atoms with Crippen LogP contribution in [0.2, 0.25) is 0 Å². The summed E-state index contributed by atoms with van der Waals surface area (Å²) in [6.45, 7) is 0.321. The molecule has 1 aliphatic rings. The first kappa shape index (κ1) is 12.8. The highest BCUT2D eigenvalue weighted by Crippen LogP contribution is 2.30. The topological polar surface area (TPSA) is 73.7 Å². The normalized spacial score (nSPS) is 17.7. The Bertz CT molecular complexity index is 442. The lowest BCUT2D eigenvalue weighted by Crippen LogP contribution is -2.42. The van der Waals surface area contributed by atoms with E-state index in [2.05, 4.69) is 4.98 Å². The number of nitrogens with zero attached hydrogens (tertiary/aromatic N) is 2. The number of aliphatic hydroxyl groups is 1. The fraction of sp³-hybridized carbons (Fsp3) is 0.538. The average molecular weight is 250 g/mol. The Balaban J connectivity index is 2.04. The lowest BCUT2D eigenvalue weighted by molar-refractivity contribution is 0.0156. The number of aromatic hydroxyl groups is 1. The molecule has 1 heterocycles. The van der Waals surface area contributed by atoms with E-state index in [4.69, 9.17) is 0 Å². The van der Waals surface area contributed by atoms with Gasteiger partial charge in [0, 0.05) is 19.8 Å². The SMILES string of the molecule is CN(CC1(O)CCCC1)C(=O)c1cncc(O)c1. The zero-order chi connectivity index (χ0) is 13.2. The van der Waals surface area contributed by atoms with Gasteiger partial charge in [0.1, 0.15) is 5.75 Å². The zero-order valence-electron chi connectivity index (χ0n) is 10.5. The van der Waals surface area contributed by atoms with Gasteiger partial charge in [0.15, 0.2) is 0 Å². The molecular formula is C13H18N2O3. The number of carbonyl (C=O) groups is 1. The van der Waals surface area contributed by atoms with Crippen molar-refractivity contribution >= 4 is 5.91 Å². The van der Waals surface area contributed by atoms with E-state index >= 15 is 0 Å². The molecule has 1 aliphatic carbocycles. The van der Waals surface area contributed by atoms with Crippen molar-refractivity contribution in [3.05, 3.63) is 24.0 Å². The van der Waals surface area contributed by atoms with Gasteiger partial charge in [-0.2, -0.15) is 0 Å². The van der Waals surface area contributed by atoms with Crippen LogP contribution in [0.15, 0.2) is 18.5 Å². The highest BCUT2D eigenvalue weighted by molar-refractivity contribution is 5.94. The van der Waals surface area contributed by atoms with E-state index in [1.807, 2.05) is 0 Å². The van der Waals surface area contributed by atoms with Crippen molar-refractivity contribution in [1.82, 2.24) is 9.88 Å². The van der Waals surface area contributed by atoms with Gasteiger partial charge in [0.05, 0.1) is 17.4 Å². The largest absolute Gasteiger partial charge is 0.506 e. The predicted octanol–water partition coefficient (Wildman–Crippen LogP) is 1.16. The van der Waals surface area contributed by atoms with Crippen LogP contribution in [0, 0.1) is 0 Å². The van der Waals surface area contributed by atoms with E-state index in [9.17, 15) is 15.0 Å². The van der Waals surface area contributed by atoms with Crippen molar-refractivity contribution in [3.63, 3.8) is 0 Å². The third kappa shape index (κ3) is 2.79. The first-order valence-electron chi connectivity index (χ1n) is 6.12. The molecule has 1 amide bonds. The number of carbonyl (C=O) groups excluding carboxylic acids is 1. The average Bonchev–Trinajstić information content (AvgIpc) is 2.74. The number of hydrogen-bond acceptors (Lipinski definition) is 4. The Morgan fingerprint density at radius 3 is 2.72 bits per heavy atom. The van der Waals surface area contributed by atoms with Gasteiger partial charge in [-0.1, -0.05) is 12.8 Å². The number of aromatic nitrogens is 1. The van der Waals surface area contributed by atoms with Crippen molar-refractivity contribution in [2.45, 2.75) is 31.3 Å². The quantitative estimate of drug-likeness (QED) is 0.844. The van der Waals surface area contributed by atoms with Crippen LogP contribution in [0.25, 0.3) is 0 Å². The van der Waals surface area contributed by atoms with Crippen LogP contribution in [-0.4, -0.2) is 45.2 Å². The lowest BCUT2D eigenvalue weighted by atomic mass is 10.0. The van der Waals surface area contributed by atoms with Crippen LogP contribution < -0.4 is 0 Å². The molecule has 98 valence electrons. The summed E-state index contributed by atoms with van der Waals surface area (Å²) in [7, 11) is 1.66. The van der Waals surface area contributed by atoms with Crippen LogP contribution in [0.1, 0.15) is 36.0 Å². The van der Waals surface area contributed by atoms with Crippen LogP contribution in [0.4, 0.5) is 0 Å². The van der Waals surface area contributed by atoms with Gasteiger partial charge < -0.3 is 15.1 Å². The second-order valence-electron chi connectivity index (χ2n) is 5.02. The molecule has 2 rings (SSSR count). The third-order valence-electron chi connectivity index (χ3n) is 3.38. The maximum Gasteiger partial charge on any atom is 0.255 e. The van der Waals surface area contributed by atoms with Gasteiger partial charge in [-0.25, -0.2) is 0 Å². The van der Waals surface area contributed by atoms with E-state index in [0.717, 1.165) is 25.7 Å². The molecule has 0 aromatic carbocycles. The minimum absolute atomic E-state index is 0.0335. The van der Waals surface area contributed by atoms with E-state index in [1.165, 1.54) is 23.4 Å². The van der Waals surface area contributed by atoms with Gasteiger partial charge in [-0.15, -0.1) is 0 Å². The van der Waals surface area contributed by atoms with Gasteiger partial charge in [-0.05, 0) is 18.9 Å². The van der Waals surface area contributed by atoms with Crippen molar-refractivity contribution in [1.29, 1.82) is 0 Å². The standard InChI is InChI=1S/C13H18N2O3/c1-15(9-13(18)4-2-3-5-13)12(17)10-6-11(16)8-14-7-10/h6-8,16,18H,2-5,9H2,1H3. The second-order valence-corrected chi connectivity index (χ2v) is 5.02. The van der Waals surface area contributed by atoms with E-state index in [1.54, 1.807) is 7.05 Å². The Kier molecular flexibility index (Phi) is 3.52. The van der Waals surface area contributed by atoms with Gasteiger partial charge >= 0.3 is 0 Å². The van der Waals surface area contributed by atoms with Crippen LogP contribution in [-0.2, 0) is 0 Å². The molecule has 1 aromatic rings. The molecule has 1 fully saturated rings. The van der Waals surface area contributed by atoms with E-state index < -0.39 is 5.60 Å². The molecule has 0 radical (unpaired) electrons. The molecule has 5 heteroatoms. The molecule has 2 N–H and O–H groups in total.